The number of rotatable bonds is 7. The lowest BCUT2D eigenvalue weighted by Crippen LogP contribution is -2.53. The van der Waals surface area contributed by atoms with Crippen molar-refractivity contribution in [1.82, 2.24) is 24.0 Å². The zero-order valence-corrected chi connectivity index (χ0v) is 22.2. The van der Waals surface area contributed by atoms with Crippen molar-refractivity contribution >= 4 is 39.1 Å². The Labute approximate surface area is 223 Å². The second-order valence-electron chi connectivity index (χ2n) is 11.8. The van der Waals surface area contributed by atoms with Gasteiger partial charge >= 0.3 is 0 Å². The molecule has 1 saturated heterocycles. The average molecular weight is 532 g/mol. The fourth-order valence-electron chi connectivity index (χ4n) is 7.35. The number of aryl methyl sites for hydroxylation is 1. The van der Waals surface area contributed by atoms with E-state index < -0.39 is 17.0 Å². The van der Waals surface area contributed by atoms with Crippen molar-refractivity contribution in [2.24, 2.45) is 23.7 Å². The largest absolute Gasteiger partial charge is 0.617 e. The first-order chi connectivity index (χ1) is 18.5. The predicted molar refractivity (Wildman–Crippen MR) is 145 cm³/mol. The van der Waals surface area contributed by atoms with Crippen LogP contribution in [0, 0.1) is 29.5 Å². The fourth-order valence-corrected chi connectivity index (χ4v) is 7.79. The molecule has 3 saturated carbocycles. The van der Waals surface area contributed by atoms with Crippen LogP contribution in [0.3, 0.4) is 0 Å². The number of carbonyl (C=O) groups is 1. The topological polar surface area (TPSA) is 79.0 Å². The molecule has 196 valence electrons. The van der Waals surface area contributed by atoms with E-state index in [1.54, 1.807) is 18.5 Å². The van der Waals surface area contributed by atoms with Crippen LogP contribution in [-0.2, 0) is 24.3 Å². The molecule has 3 aliphatic carbocycles. The molecule has 4 heterocycles. The zero-order valence-electron chi connectivity index (χ0n) is 21.3. The molecule has 7 nitrogen and oxygen atoms in total. The third kappa shape index (κ3) is 3.40. The number of imidazole rings is 1. The number of hydrogen-bond donors (Lipinski definition) is 0. The summed E-state index contributed by atoms with van der Waals surface area (Å²) in [5.41, 5.74) is 2.98. The molecule has 1 amide bonds. The van der Waals surface area contributed by atoms with Gasteiger partial charge in [-0.25, -0.2) is 14.4 Å². The molecule has 4 fully saturated rings. The smallest absolute Gasteiger partial charge is 0.254 e. The Hall–Kier alpha value is -2.91. The van der Waals surface area contributed by atoms with Crippen LogP contribution < -0.4 is 0 Å². The second kappa shape index (κ2) is 8.29. The number of amides is 1. The zero-order chi connectivity index (χ0) is 25.7. The highest BCUT2D eigenvalue weighted by atomic mass is 32.2. The number of halogens is 1. The van der Waals surface area contributed by atoms with Gasteiger partial charge in [0.15, 0.2) is 5.82 Å². The van der Waals surface area contributed by atoms with Crippen molar-refractivity contribution in [1.29, 1.82) is 0 Å². The Bertz CT molecular complexity index is 1610. The number of hydrogen-bond acceptors (Lipinski definition) is 4. The molecule has 1 aliphatic heterocycles. The van der Waals surface area contributed by atoms with E-state index >= 15 is 4.39 Å². The molecule has 3 aromatic heterocycles. The quantitative estimate of drug-likeness (QED) is 0.330. The maximum absolute atomic E-state index is 15.9. The summed E-state index contributed by atoms with van der Waals surface area (Å²) in [6, 6.07) is 9.49. The molecule has 8 rings (SSSR count). The number of aromatic nitrogens is 4. The summed E-state index contributed by atoms with van der Waals surface area (Å²) in [6.45, 7) is 2.00. The predicted octanol–water partition coefficient (Wildman–Crippen LogP) is 4.46. The summed E-state index contributed by atoms with van der Waals surface area (Å²) in [5, 5.41) is 1.01. The fraction of sp³-hybridized carbons (Fsp3) is 0.483. The van der Waals surface area contributed by atoms with E-state index in [9.17, 15) is 9.35 Å². The summed E-state index contributed by atoms with van der Waals surface area (Å²) in [4.78, 5) is 25.1. The van der Waals surface area contributed by atoms with E-state index in [1.165, 1.54) is 25.3 Å². The van der Waals surface area contributed by atoms with E-state index in [2.05, 4.69) is 15.6 Å². The maximum atomic E-state index is 15.9. The number of benzene rings is 1. The normalized spacial score (nSPS) is 26.4. The molecule has 0 spiro atoms. The van der Waals surface area contributed by atoms with Gasteiger partial charge in [0, 0.05) is 36.3 Å². The maximum Gasteiger partial charge on any atom is 0.254 e. The summed E-state index contributed by atoms with van der Waals surface area (Å²) < 4.78 is 32.0. The molecule has 1 unspecified atom stereocenters. The Kier molecular flexibility index (Phi) is 5.02. The molecule has 1 aromatic carbocycles. The van der Waals surface area contributed by atoms with Crippen LogP contribution in [0.15, 0.2) is 36.5 Å². The van der Waals surface area contributed by atoms with Crippen molar-refractivity contribution in [3.05, 3.63) is 47.9 Å². The van der Waals surface area contributed by atoms with Crippen LogP contribution in [0.2, 0.25) is 0 Å². The Balaban J connectivity index is 1.25. The van der Waals surface area contributed by atoms with Crippen molar-refractivity contribution < 1.29 is 13.7 Å². The van der Waals surface area contributed by atoms with Gasteiger partial charge in [-0.3, -0.25) is 4.79 Å². The third-order valence-corrected chi connectivity index (χ3v) is 10.2. The van der Waals surface area contributed by atoms with E-state index in [4.69, 9.17) is 4.98 Å². The number of nitrogens with zero attached hydrogens (tertiary/aromatic N) is 5. The number of likely N-dealkylation sites (tertiary alicyclic amines) is 1. The lowest BCUT2D eigenvalue weighted by atomic mass is 9.53. The van der Waals surface area contributed by atoms with E-state index in [0.29, 0.717) is 58.5 Å². The minimum atomic E-state index is -1.05. The minimum Gasteiger partial charge on any atom is -0.617 e. The highest BCUT2D eigenvalue weighted by molar-refractivity contribution is 7.90. The van der Waals surface area contributed by atoms with Crippen LogP contribution in [0.4, 0.5) is 4.39 Å². The molecule has 0 N–H and O–H groups in total. The molecule has 38 heavy (non-hydrogen) atoms. The molecule has 4 aliphatic rings. The van der Waals surface area contributed by atoms with E-state index in [1.807, 2.05) is 21.6 Å². The lowest BCUT2D eigenvalue weighted by Gasteiger charge is -2.52. The Morgan fingerprint density at radius 2 is 2.05 bits per heavy atom. The Morgan fingerprint density at radius 3 is 2.82 bits per heavy atom. The van der Waals surface area contributed by atoms with Crippen molar-refractivity contribution in [3.8, 4) is 11.5 Å². The van der Waals surface area contributed by atoms with Crippen LogP contribution in [0.25, 0.3) is 33.6 Å². The van der Waals surface area contributed by atoms with Gasteiger partial charge < -0.3 is 18.6 Å². The highest BCUT2D eigenvalue weighted by Crippen LogP contribution is 2.60. The lowest BCUT2D eigenvalue weighted by molar-refractivity contribution is -0.0204. The molecule has 0 bridgehead atoms. The monoisotopic (exact) mass is 531 g/mol. The van der Waals surface area contributed by atoms with Gasteiger partial charge in [0.25, 0.3) is 5.91 Å². The molecular weight excluding hydrogens is 501 g/mol. The summed E-state index contributed by atoms with van der Waals surface area (Å²) >= 11 is -1.05. The first-order valence-electron chi connectivity index (χ1n) is 13.7. The SMILES string of the molecule is C[S@@+]([O-])CCn1c(-c2cc3cccnc3n2CC2CC2)nc2cc(C(=O)N3C[C@H]4CC5C[C@@H]3[C@H]54)cc(F)c21. The number of carbonyl (C=O) groups excluding carboxylic acids is 1. The summed E-state index contributed by atoms with van der Waals surface area (Å²) in [6.07, 6.45) is 8.16. The standard InChI is InChI=1S/C29H30FN5O2S/c1-38(37)8-7-33-26-21(30)10-19(29(36)35-15-20-9-18-13-23(35)25(18)20)11-22(26)32-28(33)24-12-17-3-2-6-31-27(17)34(24)14-16-4-5-16/h2-3,6,10-12,16,18,20,23,25H,4-5,7-9,13-15H2,1H3/t18?,20-,23-,25-,38-/m1/s1. The van der Waals surface area contributed by atoms with Gasteiger partial charge in [0.05, 0.1) is 24.0 Å². The number of pyridine rings is 1. The molecule has 0 radical (unpaired) electrons. The van der Waals surface area contributed by atoms with Crippen molar-refractivity contribution in [3.63, 3.8) is 0 Å². The van der Waals surface area contributed by atoms with E-state index in [-0.39, 0.29) is 5.91 Å². The van der Waals surface area contributed by atoms with Gasteiger partial charge in [-0.05, 0) is 79.7 Å². The molecule has 4 aromatic rings. The number of fused-ring (bicyclic) bond motifs is 2. The highest BCUT2D eigenvalue weighted by Gasteiger charge is 2.61. The van der Waals surface area contributed by atoms with Gasteiger partial charge in [-0.1, -0.05) is 11.2 Å². The minimum absolute atomic E-state index is 0.0820. The average Bonchev–Trinajstić information content (AvgIpc) is 3.52. The summed E-state index contributed by atoms with van der Waals surface area (Å²) in [5.74, 6) is 3.17. The van der Waals surface area contributed by atoms with Crippen LogP contribution >= 0.6 is 0 Å². The first-order valence-corrected chi connectivity index (χ1v) is 15.4. The molecule has 9 heteroatoms. The molecule has 5 atom stereocenters. The van der Waals surface area contributed by atoms with Crippen LogP contribution in [-0.4, -0.2) is 59.1 Å². The van der Waals surface area contributed by atoms with Gasteiger partial charge in [-0.2, -0.15) is 0 Å². The van der Waals surface area contributed by atoms with Crippen molar-refractivity contribution in [2.45, 2.75) is 44.8 Å². The first kappa shape index (κ1) is 23.0. The van der Waals surface area contributed by atoms with Crippen LogP contribution in [0.5, 0.6) is 0 Å². The van der Waals surface area contributed by atoms with E-state index in [0.717, 1.165) is 42.2 Å². The summed E-state index contributed by atoms with van der Waals surface area (Å²) in [7, 11) is 0. The Morgan fingerprint density at radius 1 is 1.18 bits per heavy atom. The van der Waals surface area contributed by atoms with Gasteiger partial charge in [0.2, 0.25) is 0 Å². The molecular formula is C29H30FN5O2S. The van der Waals surface area contributed by atoms with Gasteiger partial charge in [0.1, 0.15) is 22.7 Å². The third-order valence-electron chi connectivity index (χ3n) is 9.44. The van der Waals surface area contributed by atoms with Gasteiger partial charge in [-0.15, -0.1) is 0 Å². The van der Waals surface area contributed by atoms with Crippen molar-refractivity contribution in [2.75, 3.05) is 18.6 Å². The second-order valence-corrected chi connectivity index (χ2v) is 13.3. The van der Waals surface area contributed by atoms with Crippen LogP contribution in [0.1, 0.15) is 36.0 Å².